The number of anilines is 2. The van der Waals surface area contributed by atoms with Gasteiger partial charge in [-0.1, -0.05) is 6.07 Å². The highest BCUT2D eigenvalue weighted by atomic mass is 79.9. The van der Waals surface area contributed by atoms with Crippen molar-refractivity contribution in [3.05, 3.63) is 44.6 Å². The Morgan fingerprint density at radius 1 is 1.36 bits per heavy atom. The second-order valence-electron chi connectivity index (χ2n) is 4.97. The molecule has 0 radical (unpaired) electrons. The van der Waals surface area contributed by atoms with Crippen molar-refractivity contribution in [2.75, 3.05) is 11.6 Å². The van der Waals surface area contributed by atoms with Gasteiger partial charge < -0.3 is 10.4 Å². The SMILES string of the molecule is Br.CSc1sc(C(=O)O)cc1-c1csc(Nc2ccc(C)cc2Br)n1. The second kappa shape index (κ2) is 8.68. The van der Waals surface area contributed by atoms with Gasteiger partial charge in [0, 0.05) is 15.4 Å². The number of aryl methyl sites for hydroxylation is 1. The zero-order valence-electron chi connectivity index (χ0n) is 13.2. The summed E-state index contributed by atoms with van der Waals surface area (Å²) in [5, 5.41) is 15.2. The van der Waals surface area contributed by atoms with Crippen LogP contribution in [0.2, 0.25) is 0 Å². The maximum atomic E-state index is 11.2. The van der Waals surface area contributed by atoms with Crippen LogP contribution < -0.4 is 5.32 Å². The minimum atomic E-state index is -0.904. The number of thiophene rings is 1. The van der Waals surface area contributed by atoms with E-state index in [2.05, 4.69) is 26.2 Å². The van der Waals surface area contributed by atoms with E-state index in [0.717, 1.165) is 30.8 Å². The third-order valence-electron chi connectivity index (χ3n) is 3.24. The first-order chi connectivity index (χ1) is 11.5. The number of aromatic nitrogens is 1. The Morgan fingerprint density at radius 3 is 2.76 bits per heavy atom. The number of carboxylic acid groups (broad SMARTS) is 1. The Morgan fingerprint density at radius 2 is 2.12 bits per heavy atom. The number of benzene rings is 1. The number of hydrogen-bond donors (Lipinski definition) is 2. The molecule has 0 saturated heterocycles. The number of halogens is 2. The fraction of sp³-hybridized carbons (Fsp3) is 0.125. The summed E-state index contributed by atoms with van der Waals surface area (Å²) in [6, 6.07) is 7.77. The van der Waals surface area contributed by atoms with E-state index in [9.17, 15) is 9.90 Å². The fourth-order valence-electron chi connectivity index (χ4n) is 2.10. The summed E-state index contributed by atoms with van der Waals surface area (Å²) in [6.07, 6.45) is 1.94. The summed E-state index contributed by atoms with van der Waals surface area (Å²) in [4.78, 5) is 16.1. The molecule has 4 nitrogen and oxygen atoms in total. The lowest BCUT2D eigenvalue weighted by Crippen LogP contribution is -1.91. The van der Waals surface area contributed by atoms with Gasteiger partial charge in [0.25, 0.3) is 0 Å². The third kappa shape index (κ3) is 4.65. The first-order valence-corrected chi connectivity index (χ1v) is 10.6. The summed E-state index contributed by atoms with van der Waals surface area (Å²) in [5.74, 6) is -0.904. The first kappa shape index (κ1) is 20.4. The van der Waals surface area contributed by atoms with Gasteiger partial charge in [-0.25, -0.2) is 9.78 Å². The average molecular weight is 522 g/mol. The highest BCUT2D eigenvalue weighted by Crippen LogP contribution is 2.39. The number of thioether (sulfide) groups is 1. The normalized spacial score (nSPS) is 10.4. The van der Waals surface area contributed by atoms with Crippen molar-refractivity contribution in [2.45, 2.75) is 11.1 Å². The van der Waals surface area contributed by atoms with Crippen LogP contribution in [0.1, 0.15) is 15.2 Å². The Bertz CT molecular complexity index is 909. The summed E-state index contributed by atoms with van der Waals surface area (Å²) in [7, 11) is 0. The van der Waals surface area contributed by atoms with Gasteiger partial charge in [0.15, 0.2) is 5.13 Å². The van der Waals surface area contributed by atoms with E-state index in [0.29, 0.717) is 4.88 Å². The average Bonchev–Trinajstić information content (AvgIpc) is 3.16. The van der Waals surface area contributed by atoms with Crippen LogP contribution in [0, 0.1) is 6.92 Å². The number of carboxylic acids is 1. The van der Waals surface area contributed by atoms with E-state index in [4.69, 9.17) is 0 Å². The molecule has 0 amide bonds. The molecule has 0 fully saturated rings. The molecule has 2 N–H and O–H groups in total. The second-order valence-corrected chi connectivity index (χ2v) is 8.81. The molecule has 3 aromatic rings. The molecular formula is C16H14Br2N2O2S3. The number of thiazole rings is 1. The summed E-state index contributed by atoms with van der Waals surface area (Å²) in [6.45, 7) is 2.04. The van der Waals surface area contributed by atoms with E-state index in [1.165, 1.54) is 40.0 Å². The largest absolute Gasteiger partial charge is 0.477 e. The van der Waals surface area contributed by atoms with Crippen molar-refractivity contribution >= 4 is 84.1 Å². The van der Waals surface area contributed by atoms with E-state index in [1.807, 2.05) is 36.8 Å². The standard InChI is InChI=1S/C16H13BrN2O2S3.BrH/c1-8-3-4-11(10(17)5-8)18-16-19-12(7-23-16)9-6-13(14(20)21)24-15(9)22-2;/h3-7H,1-2H3,(H,18,19)(H,20,21);1H. The van der Waals surface area contributed by atoms with Gasteiger partial charge in [0.05, 0.1) is 15.6 Å². The Labute approximate surface area is 176 Å². The van der Waals surface area contributed by atoms with Gasteiger partial charge in [-0.3, -0.25) is 0 Å². The number of aromatic carboxylic acids is 1. The van der Waals surface area contributed by atoms with Crippen molar-refractivity contribution in [1.82, 2.24) is 4.98 Å². The van der Waals surface area contributed by atoms with Crippen molar-refractivity contribution in [3.63, 3.8) is 0 Å². The summed E-state index contributed by atoms with van der Waals surface area (Å²) in [5.41, 5.74) is 3.79. The number of nitrogens with zero attached hydrogens (tertiary/aromatic N) is 1. The predicted molar refractivity (Wildman–Crippen MR) is 117 cm³/mol. The lowest BCUT2D eigenvalue weighted by Gasteiger charge is -2.06. The topological polar surface area (TPSA) is 62.2 Å². The number of hydrogen-bond acceptors (Lipinski definition) is 6. The van der Waals surface area contributed by atoms with Gasteiger partial charge in [-0.2, -0.15) is 0 Å². The highest BCUT2D eigenvalue weighted by Gasteiger charge is 2.17. The van der Waals surface area contributed by atoms with Crippen molar-refractivity contribution in [1.29, 1.82) is 0 Å². The quantitative estimate of drug-likeness (QED) is 0.366. The Balaban J connectivity index is 0.00000225. The molecule has 0 atom stereocenters. The Kier molecular flexibility index (Phi) is 7.10. The van der Waals surface area contributed by atoms with Crippen LogP contribution in [0.25, 0.3) is 11.3 Å². The van der Waals surface area contributed by atoms with Crippen LogP contribution in [0.3, 0.4) is 0 Å². The molecule has 0 unspecified atom stereocenters. The van der Waals surface area contributed by atoms with Crippen LogP contribution in [0.4, 0.5) is 10.8 Å². The van der Waals surface area contributed by atoms with Crippen molar-refractivity contribution < 1.29 is 9.90 Å². The smallest absolute Gasteiger partial charge is 0.345 e. The third-order valence-corrected chi connectivity index (χ3v) is 6.91. The highest BCUT2D eigenvalue weighted by molar-refractivity contribution is 9.10. The predicted octanol–water partition coefficient (Wildman–Crippen LogP) is 6.68. The van der Waals surface area contributed by atoms with Crippen molar-refractivity contribution in [3.8, 4) is 11.3 Å². The molecule has 0 aliphatic heterocycles. The zero-order valence-corrected chi connectivity index (χ0v) is 18.9. The molecule has 1 aromatic carbocycles. The number of rotatable bonds is 5. The zero-order chi connectivity index (χ0) is 17.3. The van der Waals surface area contributed by atoms with Crippen LogP contribution in [0.15, 0.2) is 38.3 Å². The molecule has 3 rings (SSSR count). The minimum absolute atomic E-state index is 0. The maximum Gasteiger partial charge on any atom is 0.345 e. The van der Waals surface area contributed by atoms with Crippen LogP contribution in [0.5, 0.6) is 0 Å². The molecule has 9 heteroatoms. The molecule has 0 bridgehead atoms. The van der Waals surface area contributed by atoms with Gasteiger partial charge in [-0.15, -0.1) is 51.4 Å². The van der Waals surface area contributed by atoms with Gasteiger partial charge in [-0.05, 0) is 52.9 Å². The van der Waals surface area contributed by atoms with Crippen LogP contribution in [-0.2, 0) is 0 Å². The molecule has 2 aromatic heterocycles. The molecule has 25 heavy (non-hydrogen) atoms. The lowest BCUT2D eigenvalue weighted by molar-refractivity contribution is 0.0702. The monoisotopic (exact) mass is 520 g/mol. The van der Waals surface area contributed by atoms with E-state index in [1.54, 1.807) is 6.07 Å². The van der Waals surface area contributed by atoms with Gasteiger partial charge >= 0.3 is 5.97 Å². The minimum Gasteiger partial charge on any atom is -0.477 e. The lowest BCUT2D eigenvalue weighted by atomic mass is 10.2. The molecule has 0 aliphatic rings. The molecule has 0 spiro atoms. The summed E-state index contributed by atoms with van der Waals surface area (Å²) >= 11 is 7.86. The molecule has 0 saturated carbocycles. The van der Waals surface area contributed by atoms with Crippen LogP contribution in [-0.4, -0.2) is 22.3 Å². The molecule has 2 heterocycles. The van der Waals surface area contributed by atoms with Gasteiger partial charge in [0.2, 0.25) is 0 Å². The number of carbonyl (C=O) groups is 1. The Hall–Kier alpha value is -0.870. The van der Waals surface area contributed by atoms with Gasteiger partial charge in [0.1, 0.15) is 4.88 Å². The van der Waals surface area contributed by atoms with E-state index >= 15 is 0 Å². The first-order valence-electron chi connectivity index (χ1n) is 6.88. The van der Waals surface area contributed by atoms with E-state index in [-0.39, 0.29) is 17.0 Å². The maximum absolute atomic E-state index is 11.2. The van der Waals surface area contributed by atoms with E-state index < -0.39 is 5.97 Å². The molecular weight excluding hydrogens is 508 g/mol. The van der Waals surface area contributed by atoms with Crippen molar-refractivity contribution in [2.24, 2.45) is 0 Å². The van der Waals surface area contributed by atoms with Crippen LogP contribution >= 0.6 is 67.3 Å². The molecule has 0 aliphatic carbocycles. The number of nitrogens with one attached hydrogen (secondary N) is 1. The molecule has 132 valence electrons. The summed E-state index contributed by atoms with van der Waals surface area (Å²) < 4.78 is 1.94. The fourth-order valence-corrected chi connectivity index (χ4v) is 5.14.